The molecule has 2 atom stereocenters. The minimum Gasteiger partial charge on any atom is -0.481 e. The number of fused-ring (bicyclic) bond motifs is 3. The minimum absolute atomic E-state index is 0.0172. The van der Waals surface area contributed by atoms with Gasteiger partial charge in [-0.05, 0) is 41.5 Å². The number of hydrogen-bond donors (Lipinski definition) is 3. The first-order chi connectivity index (χ1) is 15.3. The monoisotopic (exact) mass is 438 g/mol. The molecule has 2 aromatic rings. The summed E-state index contributed by atoms with van der Waals surface area (Å²) in [6.07, 6.45) is 0.309. The molecule has 1 aliphatic carbocycles. The van der Waals surface area contributed by atoms with Crippen molar-refractivity contribution in [2.24, 2.45) is 5.92 Å². The van der Waals surface area contributed by atoms with Crippen LogP contribution in [0.15, 0.2) is 48.5 Å². The van der Waals surface area contributed by atoms with Crippen molar-refractivity contribution in [2.45, 2.75) is 45.1 Å². The lowest BCUT2D eigenvalue weighted by Gasteiger charge is -2.16. The molecule has 32 heavy (non-hydrogen) atoms. The van der Waals surface area contributed by atoms with Crippen LogP contribution in [-0.2, 0) is 14.3 Å². The van der Waals surface area contributed by atoms with Crippen molar-refractivity contribution >= 4 is 18.0 Å². The number of rotatable bonds is 10. The molecule has 0 aromatic heterocycles. The van der Waals surface area contributed by atoms with E-state index in [0.29, 0.717) is 13.0 Å². The van der Waals surface area contributed by atoms with E-state index in [4.69, 9.17) is 9.84 Å². The van der Waals surface area contributed by atoms with E-state index in [2.05, 4.69) is 34.9 Å². The Hall–Kier alpha value is -3.35. The molecule has 0 heterocycles. The number of aliphatic carboxylic acids is 1. The summed E-state index contributed by atoms with van der Waals surface area (Å²) in [6, 6.07) is 15.9. The Morgan fingerprint density at radius 2 is 1.56 bits per heavy atom. The lowest BCUT2D eigenvalue weighted by Crippen LogP contribution is -2.35. The second-order valence-corrected chi connectivity index (χ2v) is 8.42. The molecule has 170 valence electrons. The highest BCUT2D eigenvalue weighted by atomic mass is 16.5. The molecule has 7 heteroatoms. The molecular weight excluding hydrogens is 408 g/mol. The van der Waals surface area contributed by atoms with Gasteiger partial charge in [0.15, 0.2) is 0 Å². The molecule has 2 amide bonds. The van der Waals surface area contributed by atoms with Crippen LogP contribution in [0.4, 0.5) is 4.79 Å². The summed E-state index contributed by atoms with van der Waals surface area (Å²) in [4.78, 5) is 34.9. The maximum absolute atomic E-state index is 12.2. The molecule has 3 rings (SSSR count). The molecule has 0 fully saturated rings. The van der Waals surface area contributed by atoms with Gasteiger partial charge in [-0.15, -0.1) is 0 Å². The van der Waals surface area contributed by atoms with Crippen LogP contribution in [0.5, 0.6) is 0 Å². The van der Waals surface area contributed by atoms with Crippen LogP contribution < -0.4 is 10.6 Å². The molecule has 0 spiro atoms. The van der Waals surface area contributed by atoms with E-state index in [1.807, 2.05) is 31.2 Å². The smallest absolute Gasteiger partial charge is 0.407 e. The van der Waals surface area contributed by atoms with Crippen LogP contribution in [0.2, 0.25) is 0 Å². The van der Waals surface area contributed by atoms with Gasteiger partial charge in [0, 0.05) is 24.9 Å². The normalized spacial score (nSPS) is 14.1. The van der Waals surface area contributed by atoms with Gasteiger partial charge in [0.2, 0.25) is 5.91 Å². The zero-order valence-electron chi connectivity index (χ0n) is 18.5. The van der Waals surface area contributed by atoms with Crippen molar-refractivity contribution in [3.05, 3.63) is 59.7 Å². The predicted octanol–water partition coefficient (Wildman–Crippen LogP) is 3.92. The van der Waals surface area contributed by atoms with Crippen LogP contribution >= 0.6 is 0 Å². The van der Waals surface area contributed by atoms with Crippen LogP contribution in [-0.4, -0.2) is 42.3 Å². The van der Waals surface area contributed by atoms with Crippen molar-refractivity contribution in [1.82, 2.24) is 10.6 Å². The van der Waals surface area contributed by atoms with Crippen LogP contribution in [0.1, 0.15) is 50.2 Å². The Balaban J connectivity index is 1.41. The van der Waals surface area contributed by atoms with E-state index in [9.17, 15) is 14.4 Å². The number of carbonyl (C=O) groups is 3. The van der Waals surface area contributed by atoms with E-state index in [0.717, 1.165) is 0 Å². The highest BCUT2D eigenvalue weighted by molar-refractivity contribution is 5.79. The largest absolute Gasteiger partial charge is 0.481 e. The molecule has 3 N–H and O–H groups in total. The van der Waals surface area contributed by atoms with Crippen molar-refractivity contribution in [2.75, 3.05) is 13.2 Å². The Kier molecular flexibility index (Phi) is 7.87. The molecular formula is C25H30N2O5. The first kappa shape index (κ1) is 23.3. The fourth-order valence-corrected chi connectivity index (χ4v) is 4.14. The molecule has 1 unspecified atom stereocenters. The number of carboxylic acid groups (broad SMARTS) is 1. The fraction of sp³-hybridized carbons (Fsp3) is 0.400. The van der Waals surface area contributed by atoms with Gasteiger partial charge < -0.3 is 20.5 Å². The SMILES string of the molecule is CC(CCNC(=O)OCC1c2ccccc2-c2ccccc21)CC(=O)N[C@H](C)CC(=O)O. The van der Waals surface area contributed by atoms with E-state index < -0.39 is 18.1 Å². The zero-order chi connectivity index (χ0) is 23.1. The Labute approximate surface area is 188 Å². The number of hydrogen-bond acceptors (Lipinski definition) is 4. The first-order valence-corrected chi connectivity index (χ1v) is 10.9. The van der Waals surface area contributed by atoms with Crippen molar-refractivity contribution in [1.29, 1.82) is 0 Å². The van der Waals surface area contributed by atoms with E-state index >= 15 is 0 Å². The van der Waals surface area contributed by atoms with Crippen LogP contribution in [0.25, 0.3) is 11.1 Å². The van der Waals surface area contributed by atoms with Gasteiger partial charge in [-0.1, -0.05) is 55.5 Å². The third-order valence-electron chi connectivity index (χ3n) is 5.67. The predicted molar refractivity (Wildman–Crippen MR) is 121 cm³/mol. The first-order valence-electron chi connectivity index (χ1n) is 10.9. The van der Waals surface area contributed by atoms with E-state index in [1.54, 1.807) is 6.92 Å². The van der Waals surface area contributed by atoms with Crippen molar-refractivity contribution < 1.29 is 24.2 Å². The van der Waals surface area contributed by atoms with Gasteiger partial charge in [0.25, 0.3) is 0 Å². The summed E-state index contributed by atoms with van der Waals surface area (Å²) >= 11 is 0. The maximum Gasteiger partial charge on any atom is 0.407 e. The quantitative estimate of drug-likeness (QED) is 0.521. The van der Waals surface area contributed by atoms with Crippen LogP contribution in [0, 0.1) is 5.92 Å². The Morgan fingerprint density at radius 3 is 2.16 bits per heavy atom. The van der Waals surface area contributed by atoms with Gasteiger partial charge >= 0.3 is 12.1 Å². The second-order valence-electron chi connectivity index (χ2n) is 8.42. The summed E-state index contributed by atoms with van der Waals surface area (Å²) in [5, 5.41) is 14.2. The molecule has 0 saturated heterocycles. The summed E-state index contributed by atoms with van der Waals surface area (Å²) in [5.41, 5.74) is 4.69. The highest BCUT2D eigenvalue weighted by Gasteiger charge is 2.29. The Morgan fingerprint density at radius 1 is 0.969 bits per heavy atom. The van der Waals surface area contributed by atoms with Crippen LogP contribution in [0.3, 0.4) is 0 Å². The fourth-order valence-electron chi connectivity index (χ4n) is 4.14. The third-order valence-corrected chi connectivity index (χ3v) is 5.67. The summed E-state index contributed by atoms with van der Waals surface area (Å²) in [7, 11) is 0. The molecule has 0 radical (unpaired) electrons. The van der Waals surface area contributed by atoms with Gasteiger partial charge in [0.1, 0.15) is 6.61 Å². The Bertz CT molecular complexity index is 929. The molecule has 0 aliphatic heterocycles. The third kappa shape index (κ3) is 6.09. The lowest BCUT2D eigenvalue weighted by atomic mass is 9.98. The minimum atomic E-state index is -0.946. The number of carbonyl (C=O) groups excluding carboxylic acids is 2. The van der Waals surface area contributed by atoms with Crippen molar-refractivity contribution in [3.8, 4) is 11.1 Å². The maximum atomic E-state index is 12.2. The molecule has 0 saturated carbocycles. The molecule has 1 aliphatic rings. The average Bonchev–Trinajstić information content (AvgIpc) is 3.05. The average molecular weight is 439 g/mol. The summed E-state index contributed by atoms with van der Waals surface area (Å²) in [6.45, 7) is 4.24. The van der Waals surface area contributed by atoms with E-state index in [1.165, 1.54) is 22.3 Å². The lowest BCUT2D eigenvalue weighted by molar-refractivity contribution is -0.137. The van der Waals surface area contributed by atoms with Gasteiger partial charge in [-0.2, -0.15) is 0 Å². The highest BCUT2D eigenvalue weighted by Crippen LogP contribution is 2.44. The van der Waals surface area contributed by atoms with Gasteiger partial charge in [-0.3, -0.25) is 9.59 Å². The standard InChI is InChI=1S/C25H30N2O5/c1-16(13-23(28)27-17(2)14-24(29)30)11-12-26-25(31)32-15-22-20-9-5-3-7-18(20)19-8-4-6-10-21(19)22/h3-10,16-17,22H,11-15H2,1-2H3,(H,26,31)(H,27,28)(H,29,30)/t16?,17-/m1/s1. The molecule has 0 bridgehead atoms. The number of carboxylic acids is 1. The van der Waals surface area contributed by atoms with Gasteiger partial charge in [0.05, 0.1) is 6.42 Å². The van der Waals surface area contributed by atoms with Crippen molar-refractivity contribution in [3.63, 3.8) is 0 Å². The summed E-state index contributed by atoms with van der Waals surface area (Å²) < 4.78 is 5.51. The second kappa shape index (κ2) is 10.8. The zero-order valence-corrected chi connectivity index (χ0v) is 18.5. The topological polar surface area (TPSA) is 105 Å². The van der Waals surface area contributed by atoms with Gasteiger partial charge in [-0.25, -0.2) is 4.79 Å². The molecule has 2 aromatic carbocycles. The summed E-state index contributed by atoms with van der Waals surface area (Å²) in [5.74, 6) is -1.07. The number of nitrogens with one attached hydrogen (secondary N) is 2. The number of ether oxygens (including phenoxy) is 1. The number of benzene rings is 2. The van der Waals surface area contributed by atoms with E-state index in [-0.39, 0.29) is 37.2 Å². The molecule has 7 nitrogen and oxygen atoms in total. The number of amides is 2. The number of alkyl carbamates (subject to hydrolysis) is 1.